The number of hydrogen-bond acceptors (Lipinski definition) is 3. The number of carbonyl (C=O) groups is 2. The van der Waals surface area contributed by atoms with Crippen LogP contribution in [0.1, 0.15) is 38.3 Å². The SMILES string of the molecule is CNC(=O)N1c2ccccc2NC2=C(C(=O)CC(C)(C)C2)[C@H]1c1ccc(F)cc1. The zero-order valence-electron chi connectivity index (χ0n) is 16.8. The fourth-order valence-corrected chi connectivity index (χ4v) is 4.29. The molecule has 1 aliphatic carbocycles. The van der Waals surface area contributed by atoms with E-state index in [0.717, 1.165) is 11.4 Å². The normalized spacial score (nSPS) is 20.3. The Morgan fingerprint density at radius 2 is 1.83 bits per heavy atom. The lowest BCUT2D eigenvalue weighted by Gasteiger charge is -2.36. The van der Waals surface area contributed by atoms with Crippen LogP contribution in [0.5, 0.6) is 0 Å². The molecule has 1 heterocycles. The van der Waals surface area contributed by atoms with Crippen LogP contribution in [0.2, 0.25) is 0 Å². The molecule has 2 amide bonds. The van der Waals surface area contributed by atoms with Crippen molar-refractivity contribution in [2.75, 3.05) is 17.3 Å². The summed E-state index contributed by atoms with van der Waals surface area (Å²) in [4.78, 5) is 27.9. The molecule has 1 atom stereocenters. The molecule has 6 heteroatoms. The van der Waals surface area contributed by atoms with Crippen LogP contribution < -0.4 is 15.5 Å². The smallest absolute Gasteiger partial charge is 0.322 e. The molecule has 5 nitrogen and oxygen atoms in total. The molecule has 0 spiro atoms. The Kier molecular flexibility index (Phi) is 4.65. The number of rotatable bonds is 1. The van der Waals surface area contributed by atoms with E-state index in [0.29, 0.717) is 29.7 Å². The molecule has 0 radical (unpaired) electrons. The summed E-state index contributed by atoms with van der Waals surface area (Å²) in [6.07, 6.45) is 1.07. The van der Waals surface area contributed by atoms with E-state index < -0.39 is 6.04 Å². The molecule has 0 aromatic heterocycles. The number of allylic oxidation sites excluding steroid dienone is 1. The Balaban J connectivity index is 2.00. The van der Waals surface area contributed by atoms with E-state index in [4.69, 9.17) is 0 Å². The highest BCUT2D eigenvalue weighted by Crippen LogP contribution is 2.48. The van der Waals surface area contributed by atoms with Crippen LogP contribution in [-0.2, 0) is 4.79 Å². The van der Waals surface area contributed by atoms with Gasteiger partial charge in [-0.15, -0.1) is 0 Å². The van der Waals surface area contributed by atoms with E-state index in [2.05, 4.69) is 24.5 Å². The van der Waals surface area contributed by atoms with Gasteiger partial charge in [-0.05, 0) is 41.7 Å². The molecule has 0 fully saturated rings. The maximum absolute atomic E-state index is 13.6. The van der Waals surface area contributed by atoms with Crippen molar-refractivity contribution in [3.05, 3.63) is 71.2 Å². The summed E-state index contributed by atoms with van der Waals surface area (Å²) >= 11 is 0. The lowest BCUT2D eigenvalue weighted by molar-refractivity contribution is -0.118. The topological polar surface area (TPSA) is 61.4 Å². The monoisotopic (exact) mass is 393 g/mol. The Morgan fingerprint density at radius 1 is 1.14 bits per heavy atom. The van der Waals surface area contributed by atoms with Gasteiger partial charge in [0.2, 0.25) is 0 Å². The van der Waals surface area contributed by atoms with Crippen molar-refractivity contribution in [1.82, 2.24) is 5.32 Å². The number of fused-ring (bicyclic) bond motifs is 1. The highest BCUT2D eigenvalue weighted by molar-refractivity contribution is 6.05. The number of urea groups is 1. The summed E-state index contributed by atoms with van der Waals surface area (Å²) in [5.41, 5.74) is 3.32. The van der Waals surface area contributed by atoms with Crippen LogP contribution in [0.25, 0.3) is 0 Å². The number of carbonyl (C=O) groups excluding carboxylic acids is 2. The molecule has 150 valence electrons. The lowest BCUT2D eigenvalue weighted by atomic mass is 9.73. The summed E-state index contributed by atoms with van der Waals surface area (Å²) in [7, 11) is 1.56. The first kappa shape index (κ1) is 19.2. The standard InChI is InChI=1S/C23H24FN3O2/c1-23(2)12-17-20(19(28)13-23)21(14-8-10-15(24)11-9-14)27(22(29)25-3)18-7-5-4-6-16(18)26-17/h4-11,21,26H,12-13H2,1-3H3,(H,25,29)/t21-/m1/s1. The molecule has 4 rings (SSSR count). The minimum absolute atomic E-state index is 0.000200. The Bertz CT molecular complexity index is 1010. The van der Waals surface area contributed by atoms with Crippen LogP contribution in [-0.4, -0.2) is 18.9 Å². The first-order valence-electron chi connectivity index (χ1n) is 9.69. The zero-order valence-corrected chi connectivity index (χ0v) is 16.8. The lowest BCUT2D eigenvalue weighted by Crippen LogP contribution is -2.43. The molecule has 2 aliphatic rings. The summed E-state index contributed by atoms with van der Waals surface area (Å²) in [5.74, 6) is -0.363. The number of nitrogens with one attached hydrogen (secondary N) is 2. The average Bonchev–Trinajstić information content (AvgIpc) is 2.81. The van der Waals surface area contributed by atoms with Crippen molar-refractivity contribution < 1.29 is 14.0 Å². The molecule has 0 saturated carbocycles. The van der Waals surface area contributed by atoms with Crippen molar-refractivity contribution in [1.29, 1.82) is 0 Å². The molecule has 1 aliphatic heterocycles. The van der Waals surface area contributed by atoms with Crippen LogP contribution >= 0.6 is 0 Å². The van der Waals surface area contributed by atoms with Crippen LogP contribution in [0.4, 0.5) is 20.6 Å². The second-order valence-electron chi connectivity index (χ2n) is 8.35. The van der Waals surface area contributed by atoms with Gasteiger partial charge in [-0.2, -0.15) is 0 Å². The van der Waals surface area contributed by atoms with Crippen molar-refractivity contribution in [2.24, 2.45) is 5.41 Å². The summed E-state index contributed by atoms with van der Waals surface area (Å²) < 4.78 is 13.6. The number of Topliss-reactive ketones (excluding diaryl/α,β-unsaturated/α-hetero) is 1. The first-order chi connectivity index (χ1) is 13.8. The van der Waals surface area contributed by atoms with Crippen molar-refractivity contribution in [3.8, 4) is 0 Å². The van der Waals surface area contributed by atoms with Crippen LogP contribution in [0.3, 0.4) is 0 Å². The van der Waals surface area contributed by atoms with Crippen molar-refractivity contribution in [2.45, 2.75) is 32.7 Å². The number of hydrogen-bond donors (Lipinski definition) is 2. The molecule has 0 saturated heterocycles. The summed E-state index contributed by atoms with van der Waals surface area (Å²) in [5, 5.41) is 6.12. The maximum atomic E-state index is 13.6. The second kappa shape index (κ2) is 7.03. The maximum Gasteiger partial charge on any atom is 0.322 e. The number of halogens is 1. The second-order valence-corrected chi connectivity index (χ2v) is 8.35. The highest BCUT2D eigenvalue weighted by atomic mass is 19.1. The van der Waals surface area contributed by atoms with Gasteiger partial charge in [0.1, 0.15) is 5.82 Å². The van der Waals surface area contributed by atoms with Gasteiger partial charge >= 0.3 is 6.03 Å². The van der Waals surface area contributed by atoms with E-state index >= 15 is 0 Å². The van der Waals surface area contributed by atoms with Crippen molar-refractivity contribution in [3.63, 3.8) is 0 Å². The van der Waals surface area contributed by atoms with E-state index in [-0.39, 0.29) is 23.0 Å². The van der Waals surface area contributed by atoms with E-state index in [9.17, 15) is 14.0 Å². The molecule has 29 heavy (non-hydrogen) atoms. The van der Waals surface area contributed by atoms with Gasteiger partial charge in [-0.25, -0.2) is 9.18 Å². The number of amides is 2. The van der Waals surface area contributed by atoms with Gasteiger partial charge in [0.25, 0.3) is 0 Å². The number of ketones is 1. The number of benzene rings is 2. The molecule has 2 aromatic carbocycles. The summed E-state index contributed by atoms with van der Waals surface area (Å²) in [6.45, 7) is 4.13. The number of anilines is 2. The third-order valence-corrected chi connectivity index (χ3v) is 5.52. The van der Waals surface area contributed by atoms with Gasteiger partial charge in [0, 0.05) is 24.7 Å². The minimum Gasteiger partial charge on any atom is -0.357 e. The van der Waals surface area contributed by atoms with E-state index in [1.54, 1.807) is 24.1 Å². The fourth-order valence-electron chi connectivity index (χ4n) is 4.29. The predicted molar refractivity (Wildman–Crippen MR) is 111 cm³/mol. The molecular formula is C23H24FN3O2. The first-order valence-corrected chi connectivity index (χ1v) is 9.69. The van der Waals surface area contributed by atoms with E-state index in [1.807, 2.05) is 24.3 Å². The third-order valence-electron chi connectivity index (χ3n) is 5.52. The molecule has 2 aromatic rings. The van der Waals surface area contributed by atoms with Gasteiger partial charge in [-0.1, -0.05) is 38.1 Å². The average molecular weight is 393 g/mol. The molecule has 0 bridgehead atoms. The fraction of sp³-hybridized carbons (Fsp3) is 0.304. The largest absolute Gasteiger partial charge is 0.357 e. The quantitative estimate of drug-likeness (QED) is 0.733. The molecule has 2 N–H and O–H groups in total. The highest BCUT2D eigenvalue weighted by Gasteiger charge is 2.43. The van der Waals surface area contributed by atoms with Crippen LogP contribution in [0.15, 0.2) is 59.8 Å². The van der Waals surface area contributed by atoms with Gasteiger partial charge < -0.3 is 10.6 Å². The number of para-hydroxylation sites is 2. The Labute approximate surface area is 169 Å². The summed E-state index contributed by atoms with van der Waals surface area (Å²) in [6, 6.07) is 12.5. The van der Waals surface area contributed by atoms with Crippen LogP contribution in [0, 0.1) is 11.2 Å². The van der Waals surface area contributed by atoms with Gasteiger partial charge in [-0.3, -0.25) is 9.69 Å². The Morgan fingerprint density at radius 3 is 2.52 bits per heavy atom. The molecular weight excluding hydrogens is 369 g/mol. The molecule has 0 unspecified atom stereocenters. The van der Waals surface area contributed by atoms with Crippen molar-refractivity contribution >= 4 is 23.2 Å². The predicted octanol–water partition coefficient (Wildman–Crippen LogP) is 4.78. The minimum atomic E-state index is -0.648. The number of nitrogens with zero attached hydrogens (tertiary/aromatic N) is 1. The zero-order chi connectivity index (χ0) is 20.8. The third kappa shape index (κ3) is 3.39. The van der Waals surface area contributed by atoms with Gasteiger partial charge in [0.05, 0.1) is 17.4 Å². The van der Waals surface area contributed by atoms with Gasteiger partial charge in [0.15, 0.2) is 5.78 Å². The van der Waals surface area contributed by atoms with E-state index in [1.165, 1.54) is 12.1 Å². The Hall–Kier alpha value is -3.15.